The summed E-state index contributed by atoms with van der Waals surface area (Å²) in [5, 5.41) is 5.21. The average Bonchev–Trinajstić information content (AvgIpc) is 1.81. The zero-order valence-electron chi connectivity index (χ0n) is 51.8. The number of nitrogens with one attached hydrogen (secondary N) is 3. The van der Waals surface area contributed by atoms with E-state index in [4.69, 9.17) is 56.5 Å². The van der Waals surface area contributed by atoms with Gasteiger partial charge in [0.05, 0.1) is 77.2 Å². The van der Waals surface area contributed by atoms with Crippen molar-refractivity contribution in [3.63, 3.8) is 0 Å². The summed E-state index contributed by atoms with van der Waals surface area (Å²) >= 11 is 0. The standard InChI is InChI=1S/C49H79N26O13P3/c1-28(2)89(80,67(4)5)83-20-31-15-71(18-36(87-31)73-25-61-38-41(50)57-23-59-43(38)73)91(82,69(8)9)85-22-32-16-72(19-37(88-32)74-26-62-39-42(51)58-24-60-44(39)74)90(81,68(6)7)84-21-30-14-70(17-35(86-30)75-27-63-40-45(75)65-49(54)66-47(40)79)34(77)13-56-46(78)33(64-29(3)76)11-10-12-55-48(52)53/h23-28,30-33,35-37H,10-22H2,1-9H3,(H,56,78)(H,64,76)(H2,50,57,59)(H2,51,58,60)(H4,52,53,55)(H3,54,65,66,79)/t30-,31-,32-,33-,35+,36+,37+,89?,90?,91?/m0/s1. The Morgan fingerprint density at radius 2 is 1.16 bits per heavy atom. The van der Waals surface area contributed by atoms with Crippen molar-refractivity contribution in [3.8, 4) is 0 Å². The normalized spacial score (nSPS) is 22.8. The fourth-order valence-corrected chi connectivity index (χ4v) is 16.5. The summed E-state index contributed by atoms with van der Waals surface area (Å²) < 4.78 is 97.6. The smallest absolute Gasteiger partial charge is 0.345 e. The van der Waals surface area contributed by atoms with Crippen LogP contribution in [0.2, 0.25) is 0 Å². The van der Waals surface area contributed by atoms with Crippen LogP contribution in [0.25, 0.3) is 33.5 Å². The Bertz CT molecular complexity index is 3830. The number of nitrogens with zero attached hydrogens (tertiary/aromatic N) is 18. The van der Waals surface area contributed by atoms with E-state index in [2.05, 4.69) is 60.5 Å². The number of amides is 3. The zero-order valence-corrected chi connectivity index (χ0v) is 54.5. The van der Waals surface area contributed by atoms with Gasteiger partial charge in [-0.1, -0.05) is 13.8 Å². The lowest BCUT2D eigenvalue weighted by molar-refractivity contribution is -0.158. The van der Waals surface area contributed by atoms with Crippen molar-refractivity contribution in [2.45, 2.75) is 82.3 Å². The van der Waals surface area contributed by atoms with Crippen LogP contribution in [0.4, 0.5) is 17.6 Å². The molecule has 39 nitrogen and oxygen atoms in total. The van der Waals surface area contributed by atoms with E-state index in [1.54, 1.807) is 79.3 Å². The molecule has 3 amide bonds. The van der Waals surface area contributed by atoms with Crippen LogP contribution in [0.3, 0.4) is 0 Å². The highest BCUT2D eigenvalue weighted by Crippen LogP contribution is 2.58. The number of nitrogen functional groups attached to an aromatic ring is 3. The molecule has 0 saturated carbocycles. The molecule has 498 valence electrons. The number of H-pyrrole nitrogens is 1. The fourth-order valence-electron chi connectivity index (χ4n) is 10.7. The van der Waals surface area contributed by atoms with Gasteiger partial charge in [-0.3, -0.25) is 56.6 Å². The van der Waals surface area contributed by atoms with Crippen molar-refractivity contribution in [2.24, 2.45) is 16.5 Å². The lowest BCUT2D eigenvalue weighted by Gasteiger charge is -2.45. The van der Waals surface area contributed by atoms with Gasteiger partial charge in [-0.25, -0.2) is 58.2 Å². The Morgan fingerprint density at radius 1 is 0.681 bits per heavy atom. The number of carbonyl (C=O) groups is 3. The topological polar surface area (TPSA) is 495 Å². The van der Waals surface area contributed by atoms with E-state index in [0.717, 1.165) is 0 Å². The van der Waals surface area contributed by atoms with Gasteiger partial charge in [0.25, 0.3) is 13.1 Å². The van der Waals surface area contributed by atoms with Gasteiger partial charge in [0.2, 0.25) is 23.7 Å². The largest absolute Gasteiger partial charge is 0.382 e. The molecule has 3 aliphatic heterocycles. The monoisotopic (exact) mass is 1330 g/mol. The van der Waals surface area contributed by atoms with Crippen LogP contribution in [0.15, 0.2) is 41.4 Å². The van der Waals surface area contributed by atoms with Crippen molar-refractivity contribution in [1.29, 1.82) is 0 Å². The molecule has 9 heterocycles. The highest BCUT2D eigenvalue weighted by atomic mass is 31.2. The van der Waals surface area contributed by atoms with Crippen molar-refractivity contribution in [3.05, 3.63) is 42.0 Å². The molecule has 3 fully saturated rings. The number of morpholine rings is 3. The second-order valence-electron chi connectivity index (χ2n) is 22.6. The number of hydrogen-bond acceptors (Lipinski definition) is 25. The van der Waals surface area contributed by atoms with Gasteiger partial charge in [-0.05, 0) is 55.1 Å². The van der Waals surface area contributed by atoms with Crippen LogP contribution in [-0.4, -0.2) is 255 Å². The summed E-state index contributed by atoms with van der Waals surface area (Å²) in [5.41, 5.74) is 29.5. The number of guanidine groups is 1. The van der Waals surface area contributed by atoms with Gasteiger partial charge in [0.1, 0.15) is 48.3 Å². The number of rotatable bonds is 26. The Hall–Kier alpha value is -7.22. The maximum atomic E-state index is 16.0. The quantitative estimate of drug-likeness (QED) is 0.0138. The minimum Gasteiger partial charge on any atom is -0.382 e. The number of anilines is 3. The molecule has 0 aromatic carbocycles. The van der Waals surface area contributed by atoms with Crippen molar-refractivity contribution < 1.29 is 55.9 Å². The molecule has 6 aromatic heterocycles. The Kier molecular flexibility index (Phi) is 21.2. The maximum Gasteiger partial charge on any atom is 0.345 e. The molecule has 13 N–H and O–H groups in total. The lowest BCUT2D eigenvalue weighted by Crippen LogP contribution is -2.54. The van der Waals surface area contributed by atoms with Gasteiger partial charge >= 0.3 is 15.3 Å². The van der Waals surface area contributed by atoms with Gasteiger partial charge in [-0.15, -0.1) is 0 Å². The predicted octanol–water partition coefficient (Wildman–Crippen LogP) is -1.10. The third-order valence-corrected chi connectivity index (χ3v) is 23.2. The molecule has 42 heteroatoms. The summed E-state index contributed by atoms with van der Waals surface area (Å²) in [6.45, 7) is 2.81. The van der Waals surface area contributed by atoms with E-state index in [-0.39, 0.29) is 117 Å². The van der Waals surface area contributed by atoms with Gasteiger partial charge < -0.3 is 72.0 Å². The van der Waals surface area contributed by atoms with Crippen LogP contribution >= 0.6 is 22.9 Å². The molecular formula is C49H79N26O13P3. The number of hydrogen-bond donors (Lipinski definition) is 8. The van der Waals surface area contributed by atoms with E-state index in [9.17, 15) is 23.7 Å². The zero-order chi connectivity index (χ0) is 65.9. The molecule has 3 saturated heterocycles. The fraction of sp³-hybridized carbons (Fsp3) is 0.612. The molecule has 0 radical (unpaired) electrons. The number of ether oxygens (including phenoxy) is 3. The third kappa shape index (κ3) is 15.0. The second kappa shape index (κ2) is 28.3. The highest BCUT2D eigenvalue weighted by Gasteiger charge is 2.48. The summed E-state index contributed by atoms with van der Waals surface area (Å²) in [5.74, 6) is -1.84. The number of imidazole rings is 3. The SMILES string of the molecule is CC(=O)N[C@@H](CCCN=C(N)N)C(=O)NCC(=O)N1C[C@@H](COP(=O)(N(C)C)N2C[C@@H](COP(=O)(N(C)C)N3C[C@@H](COP(=O)(C(C)C)N(C)C)O[C@@H](n4cnc5c(N)ncnc54)C3)O[C@@H](n3cnc4c(N)ncnc43)C2)O[C@@H](n2cnc3c(=O)[nH]c(N)nc32)C1. The van der Waals surface area contributed by atoms with E-state index in [0.29, 0.717) is 17.6 Å². The van der Waals surface area contributed by atoms with E-state index < -0.39 is 102 Å². The number of carbonyl (C=O) groups excluding carboxylic acids is 3. The van der Waals surface area contributed by atoms with E-state index >= 15 is 9.13 Å². The van der Waals surface area contributed by atoms with Crippen LogP contribution in [0, 0.1) is 0 Å². The Balaban J connectivity index is 0.991. The molecule has 6 aromatic rings. The second-order valence-corrected chi connectivity index (χ2v) is 31.0. The van der Waals surface area contributed by atoms with Crippen LogP contribution in [0.1, 0.15) is 52.3 Å². The Morgan fingerprint density at radius 3 is 1.65 bits per heavy atom. The number of aromatic amines is 1. The molecular weight excluding hydrogens is 1250 g/mol. The molecule has 0 spiro atoms. The summed E-state index contributed by atoms with van der Waals surface area (Å²) in [6.07, 6.45) is 1.25. The lowest BCUT2D eigenvalue weighted by atomic mass is 10.1. The highest BCUT2D eigenvalue weighted by molar-refractivity contribution is 7.57. The van der Waals surface area contributed by atoms with Gasteiger partial charge in [0, 0.05) is 38.8 Å². The van der Waals surface area contributed by atoms with Crippen LogP contribution in [0.5, 0.6) is 0 Å². The van der Waals surface area contributed by atoms with Crippen LogP contribution in [-0.2, 0) is 55.9 Å². The van der Waals surface area contributed by atoms with E-state index in [1.807, 2.05) is 0 Å². The molecule has 3 unspecified atom stereocenters. The molecule has 0 aliphatic carbocycles. The first-order valence-corrected chi connectivity index (χ1v) is 33.5. The summed E-state index contributed by atoms with van der Waals surface area (Å²) in [6, 6.07) is -1.03. The maximum absolute atomic E-state index is 16.0. The third-order valence-electron chi connectivity index (χ3n) is 15.2. The number of nitrogens with two attached hydrogens (primary N) is 5. The molecule has 3 aliphatic rings. The molecule has 9 rings (SSSR count). The predicted molar refractivity (Wildman–Crippen MR) is 331 cm³/mol. The number of aliphatic imine (C=N–C) groups is 1. The first kappa shape index (κ1) is 68.2. The average molecular weight is 1330 g/mol. The van der Waals surface area contributed by atoms with Crippen molar-refractivity contribution >= 4 is 97.6 Å². The van der Waals surface area contributed by atoms with Crippen molar-refractivity contribution in [2.75, 3.05) is 132 Å². The number of aromatic nitrogens is 12. The molecule has 91 heavy (non-hydrogen) atoms. The molecule has 10 atom stereocenters. The van der Waals surface area contributed by atoms with E-state index in [1.165, 1.54) is 57.4 Å². The van der Waals surface area contributed by atoms with Crippen LogP contribution < -0.4 is 44.9 Å². The number of fused-ring (bicyclic) bond motifs is 3. The summed E-state index contributed by atoms with van der Waals surface area (Å²) in [4.78, 5) is 95.1. The first-order chi connectivity index (χ1) is 43.1. The summed E-state index contributed by atoms with van der Waals surface area (Å²) in [7, 11) is -2.16. The first-order valence-electron chi connectivity index (χ1n) is 28.8. The minimum atomic E-state index is -4.26. The van der Waals surface area contributed by atoms with Gasteiger partial charge in [-0.2, -0.15) is 4.98 Å². The van der Waals surface area contributed by atoms with Crippen molar-refractivity contribution in [1.82, 2.24) is 97.4 Å². The minimum absolute atomic E-state index is 0.0309. The Labute approximate surface area is 521 Å². The molecule has 0 bridgehead atoms. The van der Waals surface area contributed by atoms with Gasteiger partial charge in [0.15, 0.2) is 46.3 Å².